The molecule has 26 heavy (non-hydrogen) atoms. The smallest absolute Gasteiger partial charge is 0.315 e. The number of hydrogen-bond acceptors (Lipinski definition) is 6. The van der Waals surface area contributed by atoms with Crippen molar-refractivity contribution in [1.29, 1.82) is 0 Å². The molecule has 0 unspecified atom stereocenters. The van der Waals surface area contributed by atoms with Gasteiger partial charge in [0, 0.05) is 18.8 Å². The predicted octanol–water partition coefficient (Wildman–Crippen LogP) is 1.13. The van der Waals surface area contributed by atoms with Gasteiger partial charge < -0.3 is 14.8 Å². The lowest BCUT2D eigenvalue weighted by Crippen LogP contribution is -2.29. The fourth-order valence-electron chi connectivity index (χ4n) is 2.64. The lowest BCUT2D eigenvalue weighted by Gasteiger charge is -2.26. The fourth-order valence-corrected chi connectivity index (χ4v) is 2.64. The van der Waals surface area contributed by atoms with Gasteiger partial charge in [0.25, 0.3) is 0 Å². The Balaban J connectivity index is 1.68. The Kier molecular flexibility index (Phi) is 8.43. The van der Waals surface area contributed by atoms with Crippen molar-refractivity contribution in [3.63, 3.8) is 0 Å². The minimum Gasteiger partial charge on any atom is -0.469 e. The van der Waals surface area contributed by atoms with Crippen molar-refractivity contribution < 1.29 is 19.1 Å². The number of amides is 1. The van der Waals surface area contributed by atoms with E-state index in [0.717, 1.165) is 19.6 Å². The highest BCUT2D eigenvalue weighted by Gasteiger charge is 2.11. The van der Waals surface area contributed by atoms with E-state index in [2.05, 4.69) is 31.8 Å². The number of nitrogens with zero attached hydrogens (tertiary/aromatic N) is 2. The van der Waals surface area contributed by atoms with E-state index in [1.54, 1.807) is 6.20 Å². The zero-order valence-corrected chi connectivity index (χ0v) is 15.1. The molecule has 0 bridgehead atoms. The van der Waals surface area contributed by atoms with Crippen molar-refractivity contribution in [2.24, 2.45) is 0 Å². The molecule has 140 valence electrons. The van der Waals surface area contributed by atoms with Crippen LogP contribution in [0, 0.1) is 11.8 Å². The van der Waals surface area contributed by atoms with Crippen molar-refractivity contribution in [2.45, 2.75) is 32.2 Å². The Hall–Kier alpha value is -2.59. The lowest BCUT2D eigenvalue weighted by molar-refractivity contribution is -0.143. The first-order valence-electron chi connectivity index (χ1n) is 8.76. The van der Waals surface area contributed by atoms with Crippen LogP contribution in [0.5, 0.6) is 5.88 Å². The summed E-state index contributed by atoms with van der Waals surface area (Å²) < 4.78 is 9.94. The van der Waals surface area contributed by atoms with Crippen LogP contribution in [0.25, 0.3) is 0 Å². The molecule has 2 rings (SSSR count). The van der Waals surface area contributed by atoms with Gasteiger partial charge in [-0.05, 0) is 37.6 Å². The molecular formula is C19H25N3O4. The van der Waals surface area contributed by atoms with Gasteiger partial charge in [-0.15, -0.1) is 0 Å². The van der Waals surface area contributed by atoms with Crippen LogP contribution in [0.1, 0.15) is 31.2 Å². The first kappa shape index (κ1) is 19.7. The highest BCUT2D eigenvalue weighted by Crippen LogP contribution is 2.15. The van der Waals surface area contributed by atoms with Crippen LogP contribution in [0.4, 0.5) is 0 Å². The number of nitrogens with one attached hydrogen (secondary N) is 1. The maximum Gasteiger partial charge on any atom is 0.315 e. The molecule has 0 spiro atoms. The van der Waals surface area contributed by atoms with Crippen molar-refractivity contribution in [3.05, 3.63) is 23.9 Å². The van der Waals surface area contributed by atoms with Gasteiger partial charge in [0.2, 0.25) is 11.8 Å². The van der Waals surface area contributed by atoms with Gasteiger partial charge in [0.1, 0.15) is 6.42 Å². The van der Waals surface area contributed by atoms with Gasteiger partial charge >= 0.3 is 5.97 Å². The molecular weight excluding hydrogens is 334 g/mol. The van der Waals surface area contributed by atoms with E-state index < -0.39 is 11.9 Å². The quantitative estimate of drug-likeness (QED) is 0.447. The Morgan fingerprint density at radius 1 is 1.27 bits per heavy atom. The van der Waals surface area contributed by atoms with Gasteiger partial charge in [-0.3, -0.25) is 14.5 Å². The number of methoxy groups -OCH3 is 1. The minimum absolute atomic E-state index is 0.154. The summed E-state index contributed by atoms with van der Waals surface area (Å²) in [7, 11) is 1.24. The van der Waals surface area contributed by atoms with Crippen LogP contribution in [0.15, 0.2) is 18.3 Å². The predicted molar refractivity (Wildman–Crippen MR) is 96.3 cm³/mol. The number of likely N-dealkylation sites (tertiary alicyclic amines) is 1. The third-order valence-corrected chi connectivity index (χ3v) is 3.98. The Bertz CT molecular complexity index is 660. The van der Waals surface area contributed by atoms with Crippen LogP contribution < -0.4 is 10.1 Å². The number of pyridine rings is 1. The monoisotopic (exact) mass is 359 g/mol. The molecule has 1 fully saturated rings. The van der Waals surface area contributed by atoms with Crippen molar-refractivity contribution in [2.75, 3.05) is 33.4 Å². The topological polar surface area (TPSA) is 80.8 Å². The van der Waals surface area contributed by atoms with Crippen LogP contribution in [-0.4, -0.2) is 55.1 Å². The number of rotatable bonds is 7. The molecule has 0 aliphatic carbocycles. The molecule has 1 saturated heterocycles. The number of carbonyl (C=O) groups excluding carboxylic acids is 2. The number of carbonyl (C=O) groups is 2. The fraction of sp³-hybridized carbons (Fsp3) is 0.526. The van der Waals surface area contributed by atoms with Crippen molar-refractivity contribution in [3.8, 4) is 17.7 Å². The second kappa shape index (κ2) is 11.1. The maximum absolute atomic E-state index is 11.3. The summed E-state index contributed by atoms with van der Waals surface area (Å²) in [6, 6.07) is 3.94. The summed E-state index contributed by atoms with van der Waals surface area (Å²) in [6.45, 7) is 3.54. The van der Waals surface area contributed by atoms with E-state index >= 15 is 0 Å². The van der Waals surface area contributed by atoms with Gasteiger partial charge in [-0.2, -0.15) is 0 Å². The molecule has 1 amide bonds. The zero-order chi connectivity index (χ0) is 18.6. The number of esters is 1. The molecule has 1 aromatic rings. The summed E-state index contributed by atoms with van der Waals surface area (Å²) in [6.07, 6.45) is 5.29. The van der Waals surface area contributed by atoms with E-state index in [-0.39, 0.29) is 19.6 Å². The van der Waals surface area contributed by atoms with Crippen LogP contribution in [0.2, 0.25) is 0 Å². The Morgan fingerprint density at radius 2 is 2.08 bits per heavy atom. The van der Waals surface area contributed by atoms with E-state index in [1.807, 2.05) is 12.1 Å². The zero-order valence-electron chi connectivity index (χ0n) is 15.1. The highest BCUT2D eigenvalue weighted by atomic mass is 16.5. The van der Waals surface area contributed by atoms with E-state index in [9.17, 15) is 9.59 Å². The normalized spacial score (nSPS) is 14.0. The third-order valence-electron chi connectivity index (χ3n) is 3.98. The third kappa shape index (κ3) is 7.53. The minimum atomic E-state index is -0.575. The molecule has 2 heterocycles. The first-order chi connectivity index (χ1) is 12.7. The highest BCUT2D eigenvalue weighted by molar-refractivity contribution is 5.94. The van der Waals surface area contributed by atoms with Crippen LogP contribution in [0.3, 0.4) is 0 Å². The molecule has 1 aromatic heterocycles. The summed E-state index contributed by atoms with van der Waals surface area (Å²) in [4.78, 5) is 28.9. The maximum atomic E-state index is 11.3. The summed E-state index contributed by atoms with van der Waals surface area (Å²) in [5.41, 5.74) is 1.18. The van der Waals surface area contributed by atoms with Crippen molar-refractivity contribution >= 4 is 11.9 Å². The van der Waals surface area contributed by atoms with Crippen LogP contribution in [-0.2, 0) is 20.9 Å². The molecule has 7 heteroatoms. The second-order valence-electron chi connectivity index (χ2n) is 6.01. The first-order valence-corrected chi connectivity index (χ1v) is 8.76. The molecule has 0 aromatic carbocycles. The standard InChI is InChI=1S/C19H25N3O4/c1-25-19(24)14-17(23)20-8-3-6-12-26-18-13-16(7-9-21-18)15-22-10-4-2-5-11-22/h7,9,13H,2,4-5,8,10-12,14-15H2,1H3,(H,20,23). The number of hydrogen-bond donors (Lipinski definition) is 1. The lowest BCUT2D eigenvalue weighted by atomic mass is 10.1. The summed E-state index contributed by atoms with van der Waals surface area (Å²) in [5, 5.41) is 2.51. The van der Waals surface area contributed by atoms with E-state index in [0.29, 0.717) is 5.88 Å². The van der Waals surface area contributed by atoms with E-state index in [4.69, 9.17) is 4.74 Å². The average Bonchev–Trinajstić information content (AvgIpc) is 2.65. The van der Waals surface area contributed by atoms with Gasteiger partial charge in [0.05, 0.1) is 13.7 Å². The number of ether oxygens (including phenoxy) is 2. The average molecular weight is 359 g/mol. The van der Waals surface area contributed by atoms with E-state index in [1.165, 1.54) is 31.9 Å². The van der Waals surface area contributed by atoms with Gasteiger partial charge in [-0.25, -0.2) is 4.98 Å². The Labute approximate surface area is 154 Å². The molecule has 1 N–H and O–H groups in total. The molecule has 0 radical (unpaired) electrons. The van der Waals surface area contributed by atoms with Gasteiger partial charge in [-0.1, -0.05) is 18.3 Å². The second-order valence-corrected chi connectivity index (χ2v) is 6.01. The van der Waals surface area contributed by atoms with Crippen LogP contribution >= 0.6 is 0 Å². The van der Waals surface area contributed by atoms with Gasteiger partial charge in [0.15, 0.2) is 6.61 Å². The number of aromatic nitrogens is 1. The molecule has 0 saturated carbocycles. The molecule has 0 atom stereocenters. The summed E-state index contributed by atoms with van der Waals surface area (Å²) >= 11 is 0. The molecule has 1 aliphatic rings. The Morgan fingerprint density at radius 3 is 2.85 bits per heavy atom. The summed E-state index contributed by atoms with van der Waals surface area (Å²) in [5.74, 6) is 5.12. The largest absolute Gasteiger partial charge is 0.469 e. The molecule has 1 aliphatic heterocycles. The number of piperidine rings is 1. The molecule has 7 nitrogen and oxygen atoms in total. The SMILES string of the molecule is COC(=O)CC(=O)NCC#CCOc1cc(CN2CCCCC2)ccn1. The van der Waals surface area contributed by atoms with Crippen molar-refractivity contribution in [1.82, 2.24) is 15.2 Å².